The van der Waals surface area contributed by atoms with E-state index in [0.29, 0.717) is 6.61 Å². The van der Waals surface area contributed by atoms with E-state index >= 15 is 0 Å². The smallest absolute Gasteiger partial charge is 0.128 e. The molecule has 3 nitrogen and oxygen atoms in total. The molecule has 1 unspecified atom stereocenters. The van der Waals surface area contributed by atoms with Gasteiger partial charge in [-0.25, -0.2) is 4.39 Å². The van der Waals surface area contributed by atoms with Crippen LogP contribution in [0.15, 0.2) is 18.2 Å². The van der Waals surface area contributed by atoms with E-state index in [0.717, 1.165) is 5.56 Å². The van der Waals surface area contributed by atoms with E-state index in [9.17, 15) is 4.39 Å². The molecule has 1 aromatic carbocycles. The Kier molecular flexibility index (Phi) is 4.00. The van der Waals surface area contributed by atoms with Crippen LogP contribution in [0.2, 0.25) is 0 Å². The fourth-order valence-corrected chi connectivity index (χ4v) is 1.22. The van der Waals surface area contributed by atoms with Crippen molar-refractivity contribution in [2.45, 2.75) is 12.6 Å². The highest BCUT2D eigenvalue weighted by Crippen LogP contribution is 2.15. The normalized spacial score (nSPS) is 12.9. The molecule has 0 aliphatic carbocycles. The average Bonchev–Trinajstić information content (AvgIpc) is 2.19. The summed E-state index contributed by atoms with van der Waals surface area (Å²) in [6.45, 7) is 0.0515. The molecule has 0 saturated carbocycles. The first-order valence-electron chi connectivity index (χ1n) is 4.32. The Labute approximate surface area is 82.3 Å². The predicted octanol–water partition coefficient (Wildman–Crippen LogP) is 0.964. The average molecular weight is 199 g/mol. The van der Waals surface area contributed by atoms with Crippen molar-refractivity contribution in [2.24, 2.45) is 5.73 Å². The highest BCUT2D eigenvalue weighted by atomic mass is 19.1. The lowest BCUT2D eigenvalue weighted by Crippen LogP contribution is -2.16. The van der Waals surface area contributed by atoms with Gasteiger partial charge in [-0.15, -0.1) is 0 Å². The number of aliphatic hydroxyl groups excluding tert-OH is 1. The zero-order chi connectivity index (χ0) is 10.6. The first-order chi connectivity index (χ1) is 6.69. The van der Waals surface area contributed by atoms with Gasteiger partial charge in [-0.05, 0) is 17.7 Å². The number of halogens is 1. The van der Waals surface area contributed by atoms with Gasteiger partial charge in [-0.2, -0.15) is 0 Å². The zero-order valence-electron chi connectivity index (χ0n) is 8.03. The van der Waals surface area contributed by atoms with Crippen LogP contribution in [0.4, 0.5) is 4.39 Å². The summed E-state index contributed by atoms with van der Waals surface area (Å²) in [5, 5.41) is 8.84. The number of nitrogens with two attached hydrogens (primary N) is 1. The summed E-state index contributed by atoms with van der Waals surface area (Å²) in [7, 11) is 1.55. The van der Waals surface area contributed by atoms with Crippen molar-refractivity contribution in [1.29, 1.82) is 0 Å². The fraction of sp³-hybridized carbons (Fsp3) is 0.400. The third-order valence-corrected chi connectivity index (χ3v) is 2.01. The van der Waals surface area contributed by atoms with Crippen LogP contribution >= 0.6 is 0 Å². The second-order valence-corrected chi connectivity index (χ2v) is 3.07. The molecule has 0 radical (unpaired) electrons. The van der Waals surface area contributed by atoms with Crippen molar-refractivity contribution < 1.29 is 14.2 Å². The number of hydrogen-bond acceptors (Lipinski definition) is 3. The quantitative estimate of drug-likeness (QED) is 0.759. The second-order valence-electron chi connectivity index (χ2n) is 3.07. The van der Waals surface area contributed by atoms with Crippen molar-refractivity contribution in [1.82, 2.24) is 0 Å². The molecule has 3 N–H and O–H groups in total. The molecule has 0 heterocycles. The van der Waals surface area contributed by atoms with Crippen LogP contribution in [-0.4, -0.2) is 18.8 Å². The number of ether oxygens (including phenoxy) is 1. The minimum atomic E-state index is -0.416. The maximum absolute atomic E-state index is 13.0. The number of rotatable bonds is 4. The number of hydrogen-bond donors (Lipinski definition) is 2. The van der Waals surface area contributed by atoms with Crippen LogP contribution in [0.3, 0.4) is 0 Å². The molecule has 0 saturated heterocycles. The Morgan fingerprint density at radius 3 is 2.86 bits per heavy atom. The van der Waals surface area contributed by atoms with Gasteiger partial charge in [-0.1, -0.05) is 6.07 Å². The summed E-state index contributed by atoms with van der Waals surface area (Å²) >= 11 is 0. The third-order valence-electron chi connectivity index (χ3n) is 2.01. The van der Waals surface area contributed by atoms with Crippen molar-refractivity contribution in [2.75, 3.05) is 13.7 Å². The van der Waals surface area contributed by atoms with Crippen LogP contribution in [-0.2, 0) is 11.3 Å². The number of methoxy groups -OCH3 is 1. The maximum Gasteiger partial charge on any atom is 0.128 e. The fourth-order valence-electron chi connectivity index (χ4n) is 1.22. The SMILES string of the molecule is COCC(N)c1ccc(F)c(CO)c1. The summed E-state index contributed by atoms with van der Waals surface area (Å²) in [4.78, 5) is 0. The van der Waals surface area contributed by atoms with Crippen LogP contribution < -0.4 is 5.73 Å². The molecule has 0 bridgehead atoms. The summed E-state index contributed by atoms with van der Waals surface area (Å²) < 4.78 is 17.9. The topological polar surface area (TPSA) is 55.5 Å². The molecule has 1 rings (SSSR count). The van der Waals surface area contributed by atoms with Gasteiger partial charge in [0.15, 0.2) is 0 Å². The molecular weight excluding hydrogens is 185 g/mol. The first kappa shape index (κ1) is 11.1. The molecule has 0 aromatic heterocycles. The molecule has 4 heteroatoms. The monoisotopic (exact) mass is 199 g/mol. The molecular formula is C10H14FNO2. The Bertz CT molecular complexity index is 304. The first-order valence-corrected chi connectivity index (χ1v) is 4.32. The van der Waals surface area contributed by atoms with E-state index in [2.05, 4.69) is 0 Å². The van der Waals surface area contributed by atoms with Crippen LogP contribution in [0.1, 0.15) is 17.2 Å². The van der Waals surface area contributed by atoms with Gasteiger partial charge < -0.3 is 15.6 Å². The third kappa shape index (κ3) is 2.51. The van der Waals surface area contributed by atoms with E-state index in [1.807, 2.05) is 0 Å². The molecule has 0 aliphatic rings. The van der Waals surface area contributed by atoms with E-state index in [4.69, 9.17) is 15.6 Å². The van der Waals surface area contributed by atoms with Gasteiger partial charge in [-0.3, -0.25) is 0 Å². The van der Waals surface area contributed by atoms with Gasteiger partial charge in [0.2, 0.25) is 0 Å². The van der Waals surface area contributed by atoms with Crippen molar-refractivity contribution in [3.63, 3.8) is 0 Å². The zero-order valence-corrected chi connectivity index (χ0v) is 8.03. The minimum Gasteiger partial charge on any atom is -0.392 e. The van der Waals surface area contributed by atoms with Gasteiger partial charge in [0.05, 0.1) is 19.3 Å². The highest BCUT2D eigenvalue weighted by molar-refractivity contribution is 5.26. The van der Waals surface area contributed by atoms with E-state index in [-0.39, 0.29) is 18.2 Å². The highest BCUT2D eigenvalue weighted by Gasteiger charge is 2.08. The second kappa shape index (κ2) is 5.05. The van der Waals surface area contributed by atoms with E-state index < -0.39 is 5.82 Å². The van der Waals surface area contributed by atoms with Crippen LogP contribution in [0.5, 0.6) is 0 Å². The standard InChI is InChI=1S/C10H14FNO2/c1-14-6-10(12)7-2-3-9(11)8(4-7)5-13/h2-4,10,13H,5-6,12H2,1H3. The summed E-state index contributed by atoms with van der Waals surface area (Å²) in [6.07, 6.45) is 0. The molecule has 0 amide bonds. The van der Waals surface area contributed by atoms with Crippen LogP contribution in [0.25, 0.3) is 0 Å². The molecule has 78 valence electrons. The lowest BCUT2D eigenvalue weighted by Gasteiger charge is -2.11. The Morgan fingerprint density at radius 2 is 2.29 bits per heavy atom. The minimum absolute atomic E-state index is 0.258. The van der Waals surface area contributed by atoms with Crippen molar-refractivity contribution in [3.8, 4) is 0 Å². The molecule has 1 aromatic rings. The van der Waals surface area contributed by atoms with Gasteiger partial charge in [0, 0.05) is 12.7 Å². The predicted molar refractivity (Wildman–Crippen MR) is 51.1 cm³/mol. The lowest BCUT2D eigenvalue weighted by molar-refractivity contribution is 0.180. The molecule has 0 aliphatic heterocycles. The molecule has 0 fully saturated rings. The Hall–Kier alpha value is -0.970. The van der Waals surface area contributed by atoms with Gasteiger partial charge in [0.1, 0.15) is 5.82 Å². The number of benzene rings is 1. The van der Waals surface area contributed by atoms with Crippen molar-refractivity contribution >= 4 is 0 Å². The van der Waals surface area contributed by atoms with E-state index in [1.54, 1.807) is 19.2 Å². The summed E-state index contributed by atoms with van der Waals surface area (Å²) in [5.74, 6) is -0.416. The van der Waals surface area contributed by atoms with Crippen molar-refractivity contribution in [3.05, 3.63) is 35.1 Å². The largest absolute Gasteiger partial charge is 0.392 e. The van der Waals surface area contributed by atoms with Crippen LogP contribution in [0, 0.1) is 5.82 Å². The number of aliphatic hydroxyl groups is 1. The van der Waals surface area contributed by atoms with Gasteiger partial charge in [0.25, 0.3) is 0 Å². The molecule has 1 atom stereocenters. The Balaban J connectivity index is 2.88. The lowest BCUT2D eigenvalue weighted by atomic mass is 10.1. The molecule has 14 heavy (non-hydrogen) atoms. The van der Waals surface area contributed by atoms with Gasteiger partial charge >= 0.3 is 0 Å². The molecule has 0 spiro atoms. The van der Waals surface area contributed by atoms with E-state index in [1.165, 1.54) is 6.07 Å². The Morgan fingerprint density at radius 1 is 1.57 bits per heavy atom. The maximum atomic E-state index is 13.0. The summed E-state index contributed by atoms with van der Waals surface area (Å²) in [5.41, 5.74) is 6.77. The summed E-state index contributed by atoms with van der Waals surface area (Å²) in [6, 6.07) is 4.17.